The van der Waals surface area contributed by atoms with E-state index in [1.165, 1.54) is 53.6 Å². The summed E-state index contributed by atoms with van der Waals surface area (Å²) in [5.41, 5.74) is -0.564. The molecule has 1 amide bonds. The van der Waals surface area contributed by atoms with Crippen molar-refractivity contribution in [3.63, 3.8) is 0 Å². The van der Waals surface area contributed by atoms with Gasteiger partial charge in [0, 0.05) is 16.8 Å². The molecule has 0 aliphatic heterocycles. The van der Waals surface area contributed by atoms with Crippen LogP contribution in [-0.2, 0) is 13.1 Å². The highest BCUT2D eigenvalue weighted by Gasteiger charge is 2.42. The zero-order valence-corrected chi connectivity index (χ0v) is 23.5. The lowest BCUT2D eigenvalue weighted by atomic mass is 10.2. The van der Waals surface area contributed by atoms with Gasteiger partial charge in [-0.05, 0) is 48.5 Å². The van der Waals surface area contributed by atoms with E-state index in [1.54, 1.807) is 12.1 Å². The molecule has 0 aliphatic rings. The molecule has 17 heteroatoms. The van der Waals surface area contributed by atoms with Gasteiger partial charge < -0.3 is 5.32 Å². The SMILES string of the molecule is O=C(NC(Cn1c(-c2ccc(Cl)cc2)nn(Cc2ncn(-c3ncccc3Cl)n2)c1=O)C(F)(F)F)c1ccc(Cl)s1. The van der Waals surface area contributed by atoms with Gasteiger partial charge in [0.15, 0.2) is 17.5 Å². The van der Waals surface area contributed by atoms with E-state index < -0.39 is 30.4 Å². The molecule has 1 aromatic carbocycles. The Balaban J connectivity index is 1.50. The summed E-state index contributed by atoms with van der Waals surface area (Å²) in [6.45, 7) is -1.24. The average molecular weight is 644 g/mol. The number of alkyl halides is 3. The third-order valence-electron chi connectivity index (χ3n) is 5.67. The quantitative estimate of drug-likeness (QED) is 0.251. The van der Waals surface area contributed by atoms with E-state index in [0.717, 1.165) is 20.6 Å². The molecule has 1 atom stereocenters. The third kappa shape index (κ3) is 6.45. The smallest absolute Gasteiger partial charge is 0.338 e. The number of rotatable bonds is 8. The summed E-state index contributed by atoms with van der Waals surface area (Å²) < 4.78 is 45.7. The minimum Gasteiger partial charge on any atom is -0.338 e. The third-order valence-corrected chi connectivity index (χ3v) is 7.45. The van der Waals surface area contributed by atoms with Crippen LogP contribution in [0.1, 0.15) is 15.5 Å². The molecule has 4 aromatic heterocycles. The van der Waals surface area contributed by atoms with Crippen LogP contribution in [0, 0.1) is 0 Å². The molecule has 0 fully saturated rings. The van der Waals surface area contributed by atoms with Gasteiger partial charge in [-0.2, -0.15) is 13.2 Å². The molecule has 41 heavy (non-hydrogen) atoms. The predicted molar refractivity (Wildman–Crippen MR) is 147 cm³/mol. The highest BCUT2D eigenvalue weighted by molar-refractivity contribution is 7.18. The van der Waals surface area contributed by atoms with Crippen LogP contribution in [0.4, 0.5) is 13.2 Å². The van der Waals surface area contributed by atoms with E-state index in [9.17, 15) is 22.8 Å². The summed E-state index contributed by atoms with van der Waals surface area (Å²) in [7, 11) is 0. The van der Waals surface area contributed by atoms with Crippen LogP contribution >= 0.6 is 46.1 Å². The van der Waals surface area contributed by atoms with Gasteiger partial charge in [-0.25, -0.2) is 24.1 Å². The van der Waals surface area contributed by atoms with Gasteiger partial charge in [-0.1, -0.05) is 34.8 Å². The number of halogens is 6. The Morgan fingerprint density at radius 2 is 1.78 bits per heavy atom. The van der Waals surface area contributed by atoms with Crippen molar-refractivity contribution in [3.05, 3.63) is 96.6 Å². The first-order chi connectivity index (χ1) is 19.5. The Hall–Kier alpha value is -3.72. The van der Waals surface area contributed by atoms with E-state index in [-0.39, 0.29) is 27.4 Å². The van der Waals surface area contributed by atoms with Crippen LogP contribution in [0.15, 0.2) is 65.8 Å². The maximum atomic E-state index is 14.1. The van der Waals surface area contributed by atoms with E-state index in [0.29, 0.717) is 21.4 Å². The highest BCUT2D eigenvalue weighted by Crippen LogP contribution is 2.26. The molecule has 1 unspecified atom stereocenters. The van der Waals surface area contributed by atoms with Crippen molar-refractivity contribution in [2.75, 3.05) is 0 Å². The van der Waals surface area contributed by atoms with Crippen molar-refractivity contribution < 1.29 is 18.0 Å². The van der Waals surface area contributed by atoms with Gasteiger partial charge in [0.1, 0.15) is 18.9 Å². The van der Waals surface area contributed by atoms with Crippen molar-refractivity contribution in [2.45, 2.75) is 25.3 Å². The summed E-state index contributed by atoms with van der Waals surface area (Å²) in [5, 5.41) is 11.2. The topological polar surface area (TPSA) is 113 Å². The van der Waals surface area contributed by atoms with E-state index in [1.807, 2.05) is 5.32 Å². The van der Waals surface area contributed by atoms with Crippen molar-refractivity contribution in [2.24, 2.45) is 0 Å². The summed E-state index contributed by atoms with van der Waals surface area (Å²) in [6, 6.07) is 9.56. The molecular weight excluding hydrogens is 628 g/mol. The van der Waals surface area contributed by atoms with E-state index in [2.05, 4.69) is 20.2 Å². The fourth-order valence-electron chi connectivity index (χ4n) is 3.75. The van der Waals surface area contributed by atoms with Crippen LogP contribution in [-0.4, -0.2) is 52.2 Å². The maximum absolute atomic E-state index is 14.1. The fraction of sp³-hybridized carbons (Fsp3) is 0.167. The number of carbonyl (C=O) groups excluding carboxylic acids is 1. The lowest BCUT2D eigenvalue weighted by Crippen LogP contribution is -2.49. The Morgan fingerprint density at radius 1 is 1.02 bits per heavy atom. The van der Waals surface area contributed by atoms with Crippen LogP contribution in [0.5, 0.6) is 0 Å². The molecule has 0 aliphatic carbocycles. The van der Waals surface area contributed by atoms with E-state index in [4.69, 9.17) is 34.8 Å². The molecule has 4 heterocycles. The van der Waals surface area contributed by atoms with Crippen molar-refractivity contribution in [1.29, 1.82) is 0 Å². The average Bonchev–Trinajstić information content (AvgIpc) is 3.64. The minimum atomic E-state index is -4.90. The molecule has 0 radical (unpaired) electrons. The highest BCUT2D eigenvalue weighted by atomic mass is 35.5. The van der Waals surface area contributed by atoms with Gasteiger partial charge in [0.05, 0.1) is 20.8 Å². The standard InChI is InChI=1S/C24H16Cl3F3N8O2S/c25-14-5-3-13(4-6-14)20-35-37(11-19-32-12-38(34-19)21-15(26)2-1-9-31-21)23(40)36(20)10-17(24(28,29)30)33-22(39)16-7-8-18(27)41-16/h1-9,12,17H,10-11H2,(H,33,39). The van der Waals surface area contributed by atoms with Gasteiger partial charge >= 0.3 is 11.9 Å². The Labute approximate surface area is 247 Å². The van der Waals surface area contributed by atoms with Crippen molar-refractivity contribution in [1.82, 2.24) is 39.4 Å². The molecule has 0 saturated carbocycles. The second kappa shape index (κ2) is 11.6. The van der Waals surface area contributed by atoms with Crippen molar-refractivity contribution in [3.8, 4) is 17.2 Å². The van der Waals surface area contributed by atoms with Gasteiger partial charge in [0.2, 0.25) is 0 Å². The lowest BCUT2D eigenvalue weighted by molar-refractivity contribution is -0.156. The first-order valence-corrected chi connectivity index (χ1v) is 13.5. The largest absolute Gasteiger partial charge is 0.410 e. The molecular formula is C24H16Cl3F3N8O2S. The number of hydrogen-bond acceptors (Lipinski definition) is 7. The predicted octanol–water partition coefficient (Wildman–Crippen LogP) is 5.12. The number of thiophene rings is 1. The Morgan fingerprint density at radius 3 is 2.44 bits per heavy atom. The van der Waals surface area contributed by atoms with Crippen molar-refractivity contribution >= 4 is 52.0 Å². The molecule has 5 rings (SSSR count). The monoisotopic (exact) mass is 642 g/mol. The number of pyridine rings is 1. The molecule has 212 valence electrons. The molecule has 1 N–H and O–H groups in total. The van der Waals surface area contributed by atoms with Crippen LogP contribution in [0.3, 0.4) is 0 Å². The minimum absolute atomic E-state index is 0.0140. The number of carbonyl (C=O) groups is 1. The molecule has 0 bridgehead atoms. The number of aromatic nitrogens is 7. The molecule has 0 saturated heterocycles. The second-order valence-corrected chi connectivity index (χ2v) is 11.0. The summed E-state index contributed by atoms with van der Waals surface area (Å²) in [5.74, 6) is -0.651. The lowest BCUT2D eigenvalue weighted by Gasteiger charge is -2.22. The number of hydrogen-bond donors (Lipinski definition) is 1. The number of amides is 1. The number of benzene rings is 1. The summed E-state index contributed by atoms with van der Waals surface area (Å²) in [6.07, 6.45) is -2.06. The van der Waals surface area contributed by atoms with Gasteiger partial charge in [0.25, 0.3) is 5.91 Å². The first-order valence-electron chi connectivity index (χ1n) is 11.6. The number of nitrogens with one attached hydrogen (secondary N) is 1. The number of nitrogens with zero attached hydrogens (tertiary/aromatic N) is 7. The Kier molecular flexibility index (Phi) is 8.18. The summed E-state index contributed by atoms with van der Waals surface area (Å²) in [4.78, 5) is 34.3. The van der Waals surface area contributed by atoms with Gasteiger partial charge in [-0.15, -0.1) is 21.5 Å². The second-order valence-electron chi connectivity index (χ2n) is 8.47. The fourth-order valence-corrected chi connectivity index (χ4v) is 5.03. The molecule has 10 nitrogen and oxygen atoms in total. The van der Waals surface area contributed by atoms with Gasteiger partial charge in [-0.3, -0.25) is 9.36 Å². The molecule has 5 aromatic rings. The summed E-state index contributed by atoms with van der Waals surface area (Å²) >= 11 is 18.8. The van der Waals surface area contributed by atoms with Crippen LogP contribution < -0.4 is 11.0 Å². The van der Waals surface area contributed by atoms with Crippen LogP contribution in [0.25, 0.3) is 17.2 Å². The molecule has 0 spiro atoms. The zero-order chi connectivity index (χ0) is 29.3. The normalized spacial score (nSPS) is 12.4. The first kappa shape index (κ1) is 28.8. The Bertz CT molecular complexity index is 1760. The maximum Gasteiger partial charge on any atom is 0.410 e. The van der Waals surface area contributed by atoms with Crippen LogP contribution in [0.2, 0.25) is 14.4 Å². The van der Waals surface area contributed by atoms with E-state index >= 15 is 0 Å². The zero-order valence-electron chi connectivity index (χ0n) is 20.4.